The Balaban J connectivity index is 3.83. The second-order valence-electron chi connectivity index (χ2n) is 10.8. The lowest BCUT2D eigenvalue weighted by atomic mass is 10.0. The largest absolute Gasteiger partial charge is 0.446 e. The van der Waals surface area contributed by atoms with Gasteiger partial charge in [0.25, 0.3) is 0 Å². The first-order chi connectivity index (χ1) is 18.2. The molecular weight excluding hydrogens is 484 g/mol. The first-order valence-electron chi connectivity index (χ1n) is 15.1. The highest BCUT2D eigenvalue weighted by Gasteiger charge is 2.30. The molecule has 0 N–H and O–H groups in total. The predicted octanol–water partition coefficient (Wildman–Crippen LogP) is 7.73. The fourth-order valence-corrected chi connectivity index (χ4v) is 4.25. The van der Waals surface area contributed by atoms with Crippen molar-refractivity contribution in [3.63, 3.8) is 0 Å². The fraction of sp³-hybridized carbons (Fsp3) is 0.900. The number of ether oxygens (including phenoxy) is 3. The zero-order valence-corrected chi connectivity index (χ0v) is 25.5. The molecule has 38 heavy (non-hydrogen) atoms. The number of carbonyl (C=O) groups excluding carboxylic acids is 3. The first kappa shape index (κ1) is 36.2. The molecule has 0 saturated heterocycles. The van der Waals surface area contributed by atoms with Crippen LogP contribution in [0, 0.1) is 0 Å². The van der Waals surface area contributed by atoms with Crippen LogP contribution in [0.1, 0.15) is 130 Å². The van der Waals surface area contributed by atoms with Crippen LogP contribution in [0.25, 0.3) is 0 Å². The molecule has 0 aliphatic carbocycles. The number of amides is 3. The monoisotopic (exact) mass is 542 g/mol. The van der Waals surface area contributed by atoms with Crippen LogP contribution >= 0.6 is 0 Å². The van der Waals surface area contributed by atoms with Crippen molar-refractivity contribution >= 4 is 18.1 Å². The molecule has 0 aliphatic heterocycles. The third-order valence-electron chi connectivity index (χ3n) is 7.07. The minimum absolute atomic E-state index is 0.0644. The van der Waals surface area contributed by atoms with Crippen molar-refractivity contribution < 1.29 is 28.6 Å². The van der Waals surface area contributed by atoms with Gasteiger partial charge in [0.05, 0.1) is 0 Å². The first-order valence-corrected chi connectivity index (χ1v) is 15.1. The smallest absolute Gasteiger partial charge is 0.416 e. The van der Waals surface area contributed by atoms with Crippen molar-refractivity contribution in [2.45, 2.75) is 136 Å². The van der Waals surface area contributed by atoms with E-state index in [1.54, 1.807) is 25.8 Å². The molecule has 8 heteroatoms. The van der Waals surface area contributed by atoms with Gasteiger partial charge >= 0.3 is 12.2 Å². The summed E-state index contributed by atoms with van der Waals surface area (Å²) in [6.07, 6.45) is 19.9. The van der Waals surface area contributed by atoms with Gasteiger partial charge in [0.1, 0.15) is 18.8 Å². The minimum Gasteiger partial charge on any atom is -0.446 e. The zero-order chi connectivity index (χ0) is 28.7. The summed E-state index contributed by atoms with van der Waals surface area (Å²) in [6, 6.07) is 0. The lowest BCUT2D eigenvalue weighted by Crippen LogP contribution is -2.44. The van der Waals surface area contributed by atoms with Crippen LogP contribution in [-0.4, -0.2) is 74.0 Å². The number of imide groups is 1. The minimum atomic E-state index is -1.00. The summed E-state index contributed by atoms with van der Waals surface area (Å²) in [5.74, 6) is -0.390. The Bertz CT molecular complexity index is 630. The molecule has 1 unspecified atom stereocenters. The van der Waals surface area contributed by atoms with Gasteiger partial charge in [-0.2, -0.15) is 0 Å². The Morgan fingerprint density at radius 2 is 1.05 bits per heavy atom. The van der Waals surface area contributed by atoms with Gasteiger partial charge in [-0.15, -0.1) is 0 Å². The van der Waals surface area contributed by atoms with Crippen molar-refractivity contribution in [1.82, 2.24) is 9.80 Å². The van der Waals surface area contributed by atoms with Gasteiger partial charge in [-0.1, -0.05) is 103 Å². The molecule has 0 rings (SSSR count). The quantitative estimate of drug-likeness (QED) is 0.123. The standard InChI is InChI=1S/C30H58N2O6/c1-7-9-10-11-12-13-14-15-16-17-18-19-20-21-22-23-24-31(5)28(34)37-25-30(4,36-6)26-38-29(35)32(8-2)27(3)33/h7-26H2,1-6H3. The molecule has 8 nitrogen and oxygen atoms in total. The number of hydrogen-bond acceptors (Lipinski definition) is 6. The van der Waals surface area contributed by atoms with Gasteiger partial charge in [-0.05, 0) is 20.3 Å². The molecule has 0 saturated carbocycles. The van der Waals surface area contributed by atoms with E-state index in [9.17, 15) is 14.4 Å². The maximum atomic E-state index is 12.4. The molecule has 0 aromatic carbocycles. The highest BCUT2D eigenvalue weighted by molar-refractivity contribution is 5.90. The normalized spacial score (nSPS) is 12.6. The van der Waals surface area contributed by atoms with Gasteiger partial charge in [-0.3, -0.25) is 4.79 Å². The molecule has 3 amide bonds. The Hall–Kier alpha value is -1.83. The predicted molar refractivity (Wildman–Crippen MR) is 153 cm³/mol. The number of carbonyl (C=O) groups is 3. The molecule has 0 bridgehead atoms. The third-order valence-corrected chi connectivity index (χ3v) is 7.07. The van der Waals surface area contributed by atoms with Crippen LogP contribution in [0.3, 0.4) is 0 Å². The molecule has 224 valence electrons. The highest BCUT2D eigenvalue weighted by Crippen LogP contribution is 2.15. The third kappa shape index (κ3) is 18.4. The summed E-state index contributed by atoms with van der Waals surface area (Å²) in [5, 5.41) is 0. The van der Waals surface area contributed by atoms with Crippen LogP contribution < -0.4 is 0 Å². The number of nitrogens with zero attached hydrogens (tertiary/aromatic N) is 2. The van der Waals surface area contributed by atoms with Gasteiger partial charge in [0, 0.05) is 34.2 Å². The van der Waals surface area contributed by atoms with Crippen LogP contribution in [0.5, 0.6) is 0 Å². The Labute approximate surface area is 233 Å². The summed E-state index contributed by atoms with van der Waals surface area (Å²) in [4.78, 5) is 38.5. The Morgan fingerprint density at radius 1 is 0.658 bits per heavy atom. The summed E-state index contributed by atoms with van der Waals surface area (Å²) < 4.78 is 16.0. The van der Waals surface area contributed by atoms with Crippen molar-refractivity contribution in [3.8, 4) is 0 Å². The van der Waals surface area contributed by atoms with Crippen LogP contribution in [0.4, 0.5) is 9.59 Å². The SMILES string of the molecule is CCCCCCCCCCCCCCCCCCN(C)C(=O)OCC(C)(COC(=O)N(CC)C(C)=O)OC. The second-order valence-corrected chi connectivity index (χ2v) is 10.8. The molecule has 0 aromatic rings. The van der Waals surface area contributed by atoms with Crippen LogP contribution in [0.2, 0.25) is 0 Å². The zero-order valence-electron chi connectivity index (χ0n) is 25.5. The van der Waals surface area contributed by atoms with Gasteiger partial charge in [0.2, 0.25) is 5.91 Å². The van der Waals surface area contributed by atoms with E-state index in [4.69, 9.17) is 14.2 Å². The van der Waals surface area contributed by atoms with Gasteiger partial charge in [-0.25, -0.2) is 14.5 Å². The number of unbranched alkanes of at least 4 members (excludes halogenated alkanes) is 15. The summed E-state index contributed by atoms with van der Waals surface area (Å²) in [6.45, 7) is 7.61. The maximum Gasteiger partial charge on any atom is 0.416 e. The van der Waals surface area contributed by atoms with Gasteiger partial charge in [0.15, 0.2) is 0 Å². The van der Waals surface area contributed by atoms with Crippen molar-refractivity contribution in [2.75, 3.05) is 40.5 Å². The van der Waals surface area contributed by atoms with E-state index in [0.29, 0.717) is 6.54 Å². The topological polar surface area (TPSA) is 85.4 Å². The fourth-order valence-electron chi connectivity index (χ4n) is 4.25. The van der Waals surface area contributed by atoms with Crippen LogP contribution in [-0.2, 0) is 19.0 Å². The van der Waals surface area contributed by atoms with E-state index in [0.717, 1.165) is 17.7 Å². The van der Waals surface area contributed by atoms with E-state index in [2.05, 4.69) is 6.92 Å². The Kier molecular flexibility index (Phi) is 22.0. The van der Waals surface area contributed by atoms with Crippen LogP contribution in [0.15, 0.2) is 0 Å². The molecule has 0 aromatic heterocycles. The summed E-state index contributed by atoms with van der Waals surface area (Å²) >= 11 is 0. The van der Waals surface area contributed by atoms with E-state index in [-0.39, 0.29) is 19.8 Å². The van der Waals surface area contributed by atoms with Crippen molar-refractivity contribution in [1.29, 1.82) is 0 Å². The molecule has 0 radical (unpaired) electrons. The molecule has 0 spiro atoms. The average Bonchev–Trinajstić information content (AvgIpc) is 2.90. The van der Waals surface area contributed by atoms with Crippen molar-refractivity contribution in [3.05, 3.63) is 0 Å². The maximum absolute atomic E-state index is 12.4. The lowest BCUT2D eigenvalue weighted by molar-refractivity contribution is -0.128. The summed E-state index contributed by atoms with van der Waals surface area (Å²) in [7, 11) is 3.19. The Morgan fingerprint density at radius 3 is 1.42 bits per heavy atom. The number of hydrogen-bond donors (Lipinski definition) is 0. The molecule has 1 atom stereocenters. The van der Waals surface area contributed by atoms with E-state index >= 15 is 0 Å². The van der Waals surface area contributed by atoms with Gasteiger partial charge < -0.3 is 19.1 Å². The molecule has 0 heterocycles. The number of methoxy groups -OCH3 is 1. The van der Waals surface area contributed by atoms with E-state index in [1.807, 2.05) is 0 Å². The molecule has 0 aliphatic rings. The van der Waals surface area contributed by atoms with E-state index in [1.165, 1.54) is 104 Å². The average molecular weight is 543 g/mol. The second kappa shape index (κ2) is 23.1. The lowest BCUT2D eigenvalue weighted by Gasteiger charge is -2.29. The highest BCUT2D eigenvalue weighted by atomic mass is 16.6. The number of rotatable bonds is 23. The van der Waals surface area contributed by atoms with E-state index < -0.39 is 23.7 Å². The van der Waals surface area contributed by atoms with Crippen molar-refractivity contribution in [2.24, 2.45) is 0 Å². The summed E-state index contributed by atoms with van der Waals surface area (Å²) in [5.41, 5.74) is -1.00. The molecular formula is C30H58N2O6. The molecule has 0 fully saturated rings.